The van der Waals surface area contributed by atoms with Crippen LogP contribution in [0.1, 0.15) is 31.2 Å². The molecule has 0 bridgehead atoms. The highest BCUT2D eigenvalue weighted by Gasteiger charge is 2.23. The van der Waals surface area contributed by atoms with Gasteiger partial charge in [0.1, 0.15) is 5.82 Å². The van der Waals surface area contributed by atoms with E-state index >= 15 is 0 Å². The molecule has 2 saturated heterocycles. The second kappa shape index (κ2) is 10.2. The Morgan fingerprint density at radius 3 is 2.53 bits per heavy atom. The predicted molar refractivity (Wildman–Crippen MR) is 125 cm³/mol. The Morgan fingerprint density at radius 1 is 1.09 bits per heavy atom. The van der Waals surface area contributed by atoms with Crippen molar-refractivity contribution in [2.45, 2.75) is 38.3 Å². The number of carbonyl (C=O) groups excluding carboxylic acids is 1. The zero-order valence-electron chi connectivity index (χ0n) is 18.4. The predicted octanol–water partition coefficient (Wildman–Crippen LogP) is 1.36. The summed E-state index contributed by atoms with van der Waals surface area (Å²) in [5, 5.41) is 2.74. The molecule has 0 spiro atoms. The number of likely N-dealkylation sites (tertiary alicyclic amines) is 2. The van der Waals surface area contributed by atoms with Gasteiger partial charge in [0.25, 0.3) is 0 Å². The van der Waals surface area contributed by atoms with Crippen LogP contribution in [0.15, 0.2) is 41.3 Å². The summed E-state index contributed by atoms with van der Waals surface area (Å²) in [6.45, 7) is 4.81. The molecule has 9 nitrogen and oxygen atoms in total. The van der Waals surface area contributed by atoms with Crippen molar-refractivity contribution in [2.24, 2.45) is 17.4 Å². The zero-order valence-corrected chi connectivity index (χ0v) is 18.4. The molecule has 32 heavy (non-hydrogen) atoms. The number of anilines is 1. The highest BCUT2D eigenvalue weighted by Crippen LogP contribution is 2.17. The first-order chi connectivity index (χ1) is 15.5. The molecule has 1 aromatic carbocycles. The Hall–Kier alpha value is -2.75. The summed E-state index contributed by atoms with van der Waals surface area (Å²) in [6.07, 6.45) is 5.69. The molecule has 3 heterocycles. The van der Waals surface area contributed by atoms with Crippen LogP contribution in [-0.2, 0) is 6.54 Å². The van der Waals surface area contributed by atoms with Crippen molar-refractivity contribution < 1.29 is 4.79 Å². The average Bonchev–Trinajstić information content (AvgIpc) is 2.81. The van der Waals surface area contributed by atoms with Gasteiger partial charge in [0, 0.05) is 31.9 Å². The molecule has 1 unspecified atom stereocenters. The van der Waals surface area contributed by atoms with Crippen LogP contribution < -0.4 is 22.5 Å². The first kappa shape index (κ1) is 22.4. The largest absolute Gasteiger partial charge is 0.354 e. The highest BCUT2D eigenvalue weighted by molar-refractivity contribution is 5.88. The Bertz CT molecular complexity index is 967. The lowest BCUT2D eigenvalue weighted by Gasteiger charge is -2.31. The molecule has 2 fully saturated rings. The number of hydrogen-bond acceptors (Lipinski definition) is 6. The van der Waals surface area contributed by atoms with Crippen LogP contribution in [0.4, 0.5) is 10.6 Å². The van der Waals surface area contributed by atoms with E-state index in [-0.39, 0.29) is 11.8 Å². The molecule has 1 atom stereocenters. The van der Waals surface area contributed by atoms with Crippen LogP contribution in [0, 0.1) is 5.92 Å². The maximum Gasteiger partial charge on any atom is 0.354 e. The van der Waals surface area contributed by atoms with Gasteiger partial charge in [-0.1, -0.05) is 12.1 Å². The smallest absolute Gasteiger partial charge is 0.330 e. The number of nitrogens with two attached hydrogens (primary N) is 2. The number of rotatable bonds is 5. The summed E-state index contributed by atoms with van der Waals surface area (Å²) in [5.41, 5.74) is 13.2. The molecule has 4 rings (SSSR count). The molecule has 2 aliphatic heterocycles. The second-order valence-corrected chi connectivity index (χ2v) is 8.87. The van der Waals surface area contributed by atoms with E-state index in [1.807, 2.05) is 24.3 Å². The summed E-state index contributed by atoms with van der Waals surface area (Å²) in [4.78, 5) is 33.3. The standard InChI is InChI=1S/C23H33N7O2/c24-14-18-2-1-10-29(16-18)22(31)26-21-9-13-30(23(32)27-21)20-5-3-17(4-6-20)15-28-11-7-19(25)8-12-28/h3-6,9,13,18-19H,1-2,7-8,10-12,14-16,24-25H2,(H,26,27,31,32). The van der Waals surface area contributed by atoms with Crippen molar-refractivity contribution in [1.29, 1.82) is 0 Å². The highest BCUT2D eigenvalue weighted by atomic mass is 16.2. The van der Waals surface area contributed by atoms with Crippen molar-refractivity contribution in [3.05, 3.63) is 52.6 Å². The minimum atomic E-state index is -0.431. The molecule has 0 radical (unpaired) electrons. The lowest BCUT2D eigenvalue weighted by atomic mass is 9.99. The van der Waals surface area contributed by atoms with Crippen molar-refractivity contribution >= 4 is 11.8 Å². The summed E-state index contributed by atoms with van der Waals surface area (Å²) in [6, 6.07) is 9.65. The molecule has 2 aromatic rings. The number of urea groups is 1. The quantitative estimate of drug-likeness (QED) is 0.647. The molecule has 172 valence electrons. The molecule has 1 aromatic heterocycles. The van der Waals surface area contributed by atoms with Crippen LogP contribution in [0.25, 0.3) is 5.69 Å². The Kier molecular flexibility index (Phi) is 7.19. The van der Waals surface area contributed by atoms with Gasteiger partial charge in [-0.25, -0.2) is 9.59 Å². The molecule has 0 aliphatic carbocycles. The van der Waals surface area contributed by atoms with Gasteiger partial charge in [-0.15, -0.1) is 0 Å². The number of amides is 2. The van der Waals surface area contributed by atoms with E-state index in [0.29, 0.717) is 31.6 Å². The van der Waals surface area contributed by atoms with E-state index in [1.54, 1.807) is 17.2 Å². The first-order valence-electron chi connectivity index (χ1n) is 11.4. The van der Waals surface area contributed by atoms with E-state index in [9.17, 15) is 9.59 Å². The van der Waals surface area contributed by atoms with Crippen molar-refractivity contribution in [1.82, 2.24) is 19.4 Å². The molecule has 2 amide bonds. The lowest BCUT2D eigenvalue weighted by Crippen LogP contribution is -2.44. The minimum absolute atomic E-state index is 0.240. The van der Waals surface area contributed by atoms with Crippen LogP contribution in [0.3, 0.4) is 0 Å². The number of benzene rings is 1. The molecule has 2 aliphatic rings. The minimum Gasteiger partial charge on any atom is -0.330 e. The summed E-state index contributed by atoms with van der Waals surface area (Å²) in [5.74, 6) is 0.581. The molecular formula is C23H33N7O2. The van der Waals surface area contributed by atoms with E-state index in [0.717, 1.165) is 51.0 Å². The first-order valence-corrected chi connectivity index (χ1v) is 11.4. The van der Waals surface area contributed by atoms with Crippen molar-refractivity contribution in [3.8, 4) is 5.69 Å². The van der Waals surface area contributed by atoms with Gasteiger partial charge in [0.05, 0.1) is 5.69 Å². The summed E-state index contributed by atoms with van der Waals surface area (Å²) in [7, 11) is 0. The Labute approximate surface area is 188 Å². The van der Waals surface area contributed by atoms with Crippen molar-refractivity contribution in [2.75, 3.05) is 38.0 Å². The third kappa shape index (κ3) is 5.53. The van der Waals surface area contributed by atoms with Gasteiger partial charge in [-0.05, 0) is 75.0 Å². The van der Waals surface area contributed by atoms with Gasteiger partial charge in [0.2, 0.25) is 0 Å². The summed E-state index contributed by atoms with van der Waals surface area (Å²) >= 11 is 0. The fourth-order valence-corrected chi connectivity index (χ4v) is 4.43. The van der Waals surface area contributed by atoms with E-state index < -0.39 is 5.69 Å². The average molecular weight is 440 g/mol. The second-order valence-electron chi connectivity index (χ2n) is 8.87. The normalized spacial score (nSPS) is 20.3. The number of carbonyl (C=O) groups is 1. The number of hydrogen-bond donors (Lipinski definition) is 3. The van der Waals surface area contributed by atoms with E-state index in [4.69, 9.17) is 11.5 Å². The fraction of sp³-hybridized carbons (Fsp3) is 0.522. The Balaban J connectivity index is 1.37. The van der Waals surface area contributed by atoms with Gasteiger partial charge in [0.15, 0.2) is 0 Å². The van der Waals surface area contributed by atoms with E-state index in [1.165, 1.54) is 10.1 Å². The van der Waals surface area contributed by atoms with Gasteiger partial charge >= 0.3 is 11.7 Å². The lowest BCUT2D eigenvalue weighted by molar-refractivity contribution is 0.179. The molecule has 9 heteroatoms. The maximum atomic E-state index is 12.6. The van der Waals surface area contributed by atoms with Crippen LogP contribution in [-0.4, -0.2) is 64.1 Å². The van der Waals surface area contributed by atoms with Crippen LogP contribution >= 0.6 is 0 Å². The number of piperidine rings is 2. The summed E-state index contributed by atoms with van der Waals surface area (Å²) < 4.78 is 1.48. The number of aromatic nitrogens is 2. The van der Waals surface area contributed by atoms with Gasteiger partial charge < -0.3 is 16.4 Å². The zero-order chi connectivity index (χ0) is 22.5. The monoisotopic (exact) mass is 439 g/mol. The molecular weight excluding hydrogens is 406 g/mol. The third-order valence-electron chi connectivity index (χ3n) is 6.43. The fourth-order valence-electron chi connectivity index (χ4n) is 4.43. The van der Waals surface area contributed by atoms with Crippen LogP contribution in [0.2, 0.25) is 0 Å². The number of nitrogens with one attached hydrogen (secondary N) is 1. The third-order valence-corrected chi connectivity index (χ3v) is 6.43. The molecule has 5 N–H and O–H groups in total. The number of nitrogens with zero attached hydrogens (tertiary/aromatic N) is 4. The maximum absolute atomic E-state index is 12.6. The van der Waals surface area contributed by atoms with Gasteiger partial charge in [-0.3, -0.25) is 14.8 Å². The molecule has 0 saturated carbocycles. The van der Waals surface area contributed by atoms with Crippen LogP contribution in [0.5, 0.6) is 0 Å². The van der Waals surface area contributed by atoms with Crippen molar-refractivity contribution in [3.63, 3.8) is 0 Å². The van der Waals surface area contributed by atoms with E-state index in [2.05, 4.69) is 15.2 Å². The Morgan fingerprint density at radius 2 is 1.84 bits per heavy atom. The SMILES string of the molecule is NCC1CCCN(C(=O)Nc2ccn(-c3ccc(CN4CCC(N)CC4)cc3)c(=O)n2)C1. The topological polar surface area (TPSA) is 123 Å². The van der Waals surface area contributed by atoms with Gasteiger partial charge in [-0.2, -0.15) is 4.98 Å².